The molecule has 0 atom stereocenters. The monoisotopic (exact) mass is 226 g/mol. The number of nitrogens with one attached hydrogen (secondary N) is 1. The fraction of sp³-hybridized carbons (Fsp3) is 0.364. The van der Waals surface area contributed by atoms with Gasteiger partial charge < -0.3 is 11.1 Å². The molecule has 0 aliphatic rings. The number of nitrogen functional groups attached to an aromatic ring is 1. The van der Waals surface area contributed by atoms with Gasteiger partial charge >= 0.3 is 0 Å². The Hall–Kier alpha value is -1.22. The quantitative estimate of drug-likeness (QED) is 0.723. The van der Waals surface area contributed by atoms with E-state index in [1.165, 1.54) is 0 Å². The maximum absolute atomic E-state index is 11.8. The number of hydrogen-bond donors (Lipinski definition) is 2. The van der Waals surface area contributed by atoms with Gasteiger partial charge in [-0.2, -0.15) is 0 Å². The molecule has 1 amide bonds. The van der Waals surface area contributed by atoms with Gasteiger partial charge in [0.25, 0.3) is 5.91 Å². The van der Waals surface area contributed by atoms with Crippen LogP contribution in [0.1, 0.15) is 31.1 Å². The Balaban J connectivity index is 2.96. The first kappa shape index (κ1) is 11.9. The van der Waals surface area contributed by atoms with E-state index in [1.54, 1.807) is 18.2 Å². The van der Waals surface area contributed by atoms with Crippen LogP contribution in [0.3, 0.4) is 0 Å². The van der Waals surface area contributed by atoms with Crippen molar-refractivity contribution in [3.63, 3.8) is 0 Å². The molecule has 4 heteroatoms. The number of benzene rings is 1. The van der Waals surface area contributed by atoms with E-state index in [1.807, 2.05) is 20.8 Å². The molecule has 1 rings (SSSR count). The van der Waals surface area contributed by atoms with E-state index in [9.17, 15) is 4.79 Å². The lowest BCUT2D eigenvalue weighted by molar-refractivity contribution is 0.0920. The summed E-state index contributed by atoms with van der Waals surface area (Å²) in [4.78, 5) is 11.8. The van der Waals surface area contributed by atoms with Crippen LogP contribution in [0.25, 0.3) is 0 Å². The third-order valence-electron chi connectivity index (χ3n) is 1.72. The first-order valence-corrected chi connectivity index (χ1v) is 5.05. The average molecular weight is 227 g/mol. The van der Waals surface area contributed by atoms with Crippen LogP contribution in [-0.2, 0) is 0 Å². The number of amides is 1. The summed E-state index contributed by atoms with van der Waals surface area (Å²) < 4.78 is 0. The molecule has 0 heterocycles. The van der Waals surface area contributed by atoms with E-state index >= 15 is 0 Å². The highest BCUT2D eigenvalue weighted by Crippen LogP contribution is 2.19. The number of hydrogen-bond acceptors (Lipinski definition) is 2. The molecule has 1 aromatic rings. The van der Waals surface area contributed by atoms with Gasteiger partial charge in [-0.25, -0.2) is 0 Å². The third-order valence-corrected chi connectivity index (χ3v) is 2.05. The molecule has 15 heavy (non-hydrogen) atoms. The van der Waals surface area contributed by atoms with Crippen molar-refractivity contribution in [2.75, 3.05) is 5.73 Å². The summed E-state index contributed by atoms with van der Waals surface area (Å²) in [5, 5.41) is 3.23. The van der Waals surface area contributed by atoms with Gasteiger partial charge in [-0.1, -0.05) is 11.6 Å². The smallest absolute Gasteiger partial charge is 0.253 e. The van der Waals surface area contributed by atoms with Crippen LogP contribution in [-0.4, -0.2) is 11.4 Å². The van der Waals surface area contributed by atoms with E-state index < -0.39 is 0 Å². The Kier molecular flexibility index (Phi) is 3.25. The van der Waals surface area contributed by atoms with Crippen molar-refractivity contribution < 1.29 is 4.79 Å². The Bertz CT molecular complexity index is 383. The van der Waals surface area contributed by atoms with Crippen molar-refractivity contribution >= 4 is 23.2 Å². The standard InChI is InChI=1S/C11H15ClN2O/c1-11(2,3)14-10(15)8-6-7(13)4-5-9(8)12/h4-6H,13H2,1-3H3,(H,14,15). The van der Waals surface area contributed by atoms with Crippen molar-refractivity contribution in [3.05, 3.63) is 28.8 Å². The first-order valence-electron chi connectivity index (χ1n) is 4.67. The summed E-state index contributed by atoms with van der Waals surface area (Å²) >= 11 is 5.90. The second-order valence-corrected chi connectivity index (χ2v) is 4.85. The summed E-state index contributed by atoms with van der Waals surface area (Å²) in [5.74, 6) is -0.209. The lowest BCUT2D eigenvalue weighted by Gasteiger charge is -2.20. The number of rotatable bonds is 1. The predicted octanol–water partition coefficient (Wildman–Crippen LogP) is 2.45. The van der Waals surface area contributed by atoms with Crippen LogP contribution < -0.4 is 11.1 Å². The highest BCUT2D eigenvalue weighted by molar-refractivity contribution is 6.34. The van der Waals surface area contributed by atoms with Crippen LogP contribution >= 0.6 is 11.6 Å². The number of halogens is 1. The molecular weight excluding hydrogens is 212 g/mol. The second-order valence-electron chi connectivity index (χ2n) is 4.44. The summed E-state index contributed by atoms with van der Waals surface area (Å²) in [7, 11) is 0. The maximum atomic E-state index is 11.8. The molecule has 0 fully saturated rings. The molecule has 0 saturated heterocycles. The first-order chi connectivity index (χ1) is 6.79. The molecule has 0 aliphatic carbocycles. The molecule has 1 aromatic carbocycles. The van der Waals surface area contributed by atoms with Crippen molar-refractivity contribution in [2.24, 2.45) is 0 Å². The van der Waals surface area contributed by atoms with E-state index in [0.29, 0.717) is 16.3 Å². The van der Waals surface area contributed by atoms with Crippen LogP contribution in [0.4, 0.5) is 5.69 Å². The van der Waals surface area contributed by atoms with Crippen LogP contribution in [0.5, 0.6) is 0 Å². The molecule has 0 radical (unpaired) electrons. The zero-order valence-corrected chi connectivity index (χ0v) is 9.85. The molecule has 0 saturated carbocycles. The van der Waals surface area contributed by atoms with Gasteiger partial charge in [0.2, 0.25) is 0 Å². The van der Waals surface area contributed by atoms with Gasteiger partial charge in [0.05, 0.1) is 10.6 Å². The molecular formula is C11H15ClN2O. The van der Waals surface area contributed by atoms with Crippen LogP contribution in [0.2, 0.25) is 5.02 Å². The fourth-order valence-corrected chi connectivity index (χ4v) is 1.33. The van der Waals surface area contributed by atoms with Gasteiger partial charge in [0.15, 0.2) is 0 Å². The molecule has 0 aliphatic heterocycles. The van der Waals surface area contributed by atoms with Crippen molar-refractivity contribution in [2.45, 2.75) is 26.3 Å². The SMILES string of the molecule is CC(C)(C)NC(=O)c1cc(N)ccc1Cl. The Labute approximate surface area is 94.6 Å². The average Bonchev–Trinajstić information content (AvgIpc) is 2.06. The summed E-state index contributed by atoms with van der Waals surface area (Å²) in [5.41, 5.74) is 6.24. The molecule has 0 spiro atoms. The predicted molar refractivity (Wildman–Crippen MR) is 63.1 cm³/mol. The molecule has 0 aromatic heterocycles. The van der Waals surface area contributed by atoms with E-state index in [2.05, 4.69) is 5.32 Å². The molecule has 82 valence electrons. The zero-order chi connectivity index (χ0) is 11.6. The lowest BCUT2D eigenvalue weighted by atomic mass is 10.1. The normalized spacial score (nSPS) is 11.2. The van der Waals surface area contributed by atoms with E-state index in [-0.39, 0.29) is 11.4 Å². The topological polar surface area (TPSA) is 55.1 Å². The zero-order valence-electron chi connectivity index (χ0n) is 9.10. The van der Waals surface area contributed by atoms with Gasteiger partial charge in [-0.05, 0) is 39.0 Å². The molecule has 0 unspecified atom stereocenters. The van der Waals surface area contributed by atoms with Gasteiger partial charge in [0, 0.05) is 11.2 Å². The lowest BCUT2D eigenvalue weighted by Crippen LogP contribution is -2.40. The van der Waals surface area contributed by atoms with Crippen LogP contribution in [0.15, 0.2) is 18.2 Å². The summed E-state index contributed by atoms with van der Waals surface area (Å²) in [6.45, 7) is 5.72. The number of carbonyl (C=O) groups excluding carboxylic acids is 1. The van der Waals surface area contributed by atoms with Crippen molar-refractivity contribution in [1.29, 1.82) is 0 Å². The molecule has 0 bridgehead atoms. The third kappa shape index (κ3) is 3.44. The maximum Gasteiger partial charge on any atom is 0.253 e. The van der Waals surface area contributed by atoms with E-state index in [4.69, 9.17) is 17.3 Å². The second kappa shape index (κ2) is 4.11. The Morgan fingerprint density at radius 2 is 2.00 bits per heavy atom. The van der Waals surface area contributed by atoms with Gasteiger partial charge in [-0.15, -0.1) is 0 Å². The number of anilines is 1. The van der Waals surface area contributed by atoms with Gasteiger partial charge in [0.1, 0.15) is 0 Å². The van der Waals surface area contributed by atoms with Crippen molar-refractivity contribution in [3.8, 4) is 0 Å². The van der Waals surface area contributed by atoms with E-state index in [0.717, 1.165) is 0 Å². The minimum Gasteiger partial charge on any atom is -0.399 e. The fourth-order valence-electron chi connectivity index (χ4n) is 1.12. The summed E-state index contributed by atoms with van der Waals surface area (Å²) in [6.07, 6.45) is 0. The van der Waals surface area contributed by atoms with Crippen molar-refractivity contribution in [1.82, 2.24) is 5.32 Å². The van der Waals surface area contributed by atoms with Crippen LogP contribution in [0, 0.1) is 0 Å². The Morgan fingerprint density at radius 1 is 1.40 bits per heavy atom. The highest BCUT2D eigenvalue weighted by atomic mass is 35.5. The minimum absolute atomic E-state index is 0.209. The number of nitrogens with two attached hydrogens (primary N) is 1. The number of carbonyl (C=O) groups is 1. The van der Waals surface area contributed by atoms with Gasteiger partial charge in [-0.3, -0.25) is 4.79 Å². The molecule has 3 nitrogen and oxygen atoms in total. The Morgan fingerprint density at radius 3 is 2.53 bits per heavy atom. The minimum atomic E-state index is -0.287. The largest absolute Gasteiger partial charge is 0.399 e. The molecule has 3 N–H and O–H groups in total. The highest BCUT2D eigenvalue weighted by Gasteiger charge is 2.17. The summed E-state index contributed by atoms with van der Waals surface area (Å²) in [6, 6.07) is 4.86.